The zero-order chi connectivity index (χ0) is 12.1. The minimum Gasteiger partial charge on any atom is -0.462 e. The molecule has 1 aromatic carbocycles. The first-order valence-electron chi connectivity index (χ1n) is 4.68. The molecule has 1 N–H and O–H groups in total. The van der Waals surface area contributed by atoms with Crippen molar-refractivity contribution in [1.29, 1.82) is 5.26 Å². The number of hydrogen-bond donors (Lipinski definition) is 2. The first-order valence-corrected chi connectivity index (χ1v) is 5.12. The second-order valence-electron chi connectivity index (χ2n) is 3.02. The first kappa shape index (κ1) is 12.6. The fourth-order valence-electron chi connectivity index (χ4n) is 1.31. The van der Waals surface area contributed by atoms with Gasteiger partial charge in [-0.2, -0.15) is 5.26 Å². The Balaban J connectivity index is 3.28. The zero-order valence-corrected chi connectivity index (χ0v) is 9.62. The molecule has 1 aromatic rings. The summed E-state index contributed by atoms with van der Waals surface area (Å²) in [5.74, 6) is -0.541. The molecule has 0 bridgehead atoms. The van der Waals surface area contributed by atoms with Crippen molar-refractivity contribution in [2.24, 2.45) is 0 Å². The van der Waals surface area contributed by atoms with Gasteiger partial charge < -0.3 is 9.84 Å². The number of nitriles is 1. The van der Waals surface area contributed by atoms with Crippen LogP contribution in [-0.2, 0) is 11.3 Å². The molecular weight excluding hydrogens is 226 g/mol. The summed E-state index contributed by atoms with van der Waals surface area (Å²) in [7, 11) is 0. The molecule has 0 aliphatic carbocycles. The highest BCUT2D eigenvalue weighted by Crippen LogP contribution is 2.22. The van der Waals surface area contributed by atoms with Crippen LogP contribution in [0.2, 0.25) is 0 Å². The maximum atomic E-state index is 11.6. The van der Waals surface area contributed by atoms with Crippen molar-refractivity contribution in [2.75, 3.05) is 6.61 Å². The van der Waals surface area contributed by atoms with Crippen LogP contribution in [0.1, 0.15) is 28.4 Å². The van der Waals surface area contributed by atoms with Crippen LogP contribution >= 0.6 is 12.6 Å². The smallest absolute Gasteiger partial charge is 0.339 e. The Bertz CT molecular complexity index is 451. The Hall–Kier alpha value is -1.51. The minimum absolute atomic E-state index is 0.215. The van der Waals surface area contributed by atoms with Crippen molar-refractivity contribution >= 4 is 18.6 Å². The molecule has 4 nitrogen and oxygen atoms in total. The average molecular weight is 237 g/mol. The van der Waals surface area contributed by atoms with Crippen LogP contribution in [-0.4, -0.2) is 17.7 Å². The number of aliphatic hydroxyl groups excluding tert-OH is 1. The molecule has 0 amide bonds. The van der Waals surface area contributed by atoms with Crippen molar-refractivity contribution in [3.63, 3.8) is 0 Å². The van der Waals surface area contributed by atoms with E-state index in [2.05, 4.69) is 12.6 Å². The van der Waals surface area contributed by atoms with E-state index in [0.717, 1.165) is 0 Å². The molecule has 0 saturated carbocycles. The third-order valence-corrected chi connectivity index (χ3v) is 2.33. The standard InChI is InChI=1S/C11H11NO3S/c1-2-15-11(14)10-8(6-13)3-7(5-12)4-9(10)16/h3-4,13,16H,2,6H2,1H3. The van der Waals surface area contributed by atoms with Gasteiger partial charge in [-0.15, -0.1) is 12.6 Å². The lowest BCUT2D eigenvalue weighted by atomic mass is 10.0. The summed E-state index contributed by atoms with van der Waals surface area (Å²) >= 11 is 4.11. The third-order valence-electron chi connectivity index (χ3n) is 1.98. The lowest BCUT2D eigenvalue weighted by molar-refractivity contribution is 0.0518. The van der Waals surface area contributed by atoms with Crippen molar-refractivity contribution < 1.29 is 14.6 Å². The van der Waals surface area contributed by atoms with E-state index in [1.54, 1.807) is 6.92 Å². The van der Waals surface area contributed by atoms with Gasteiger partial charge >= 0.3 is 5.97 Å². The first-order chi connectivity index (χ1) is 7.63. The molecule has 1 rings (SSSR count). The van der Waals surface area contributed by atoms with Gasteiger partial charge in [0, 0.05) is 4.90 Å². The van der Waals surface area contributed by atoms with Crippen LogP contribution in [0.3, 0.4) is 0 Å². The highest BCUT2D eigenvalue weighted by molar-refractivity contribution is 7.80. The van der Waals surface area contributed by atoms with E-state index in [-0.39, 0.29) is 18.8 Å². The molecule has 16 heavy (non-hydrogen) atoms. The van der Waals surface area contributed by atoms with Gasteiger partial charge in [0.15, 0.2) is 0 Å². The second kappa shape index (κ2) is 5.54. The van der Waals surface area contributed by atoms with Gasteiger partial charge in [-0.1, -0.05) is 0 Å². The van der Waals surface area contributed by atoms with E-state index in [4.69, 9.17) is 15.1 Å². The lowest BCUT2D eigenvalue weighted by Gasteiger charge is -2.09. The van der Waals surface area contributed by atoms with Gasteiger partial charge in [0.2, 0.25) is 0 Å². The molecule has 0 heterocycles. The van der Waals surface area contributed by atoms with Gasteiger partial charge in [0.05, 0.1) is 30.4 Å². The number of ether oxygens (including phenoxy) is 1. The Labute approximate surface area is 98.9 Å². The topological polar surface area (TPSA) is 70.3 Å². The van der Waals surface area contributed by atoms with E-state index in [1.807, 2.05) is 6.07 Å². The quantitative estimate of drug-likeness (QED) is 0.617. The molecule has 0 radical (unpaired) electrons. The normalized spacial score (nSPS) is 9.62. The Morgan fingerprint density at radius 2 is 2.31 bits per heavy atom. The lowest BCUT2D eigenvalue weighted by Crippen LogP contribution is -2.10. The Morgan fingerprint density at radius 3 is 2.81 bits per heavy atom. The highest BCUT2D eigenvalue weighted by atomic mass is 32.1. The zero-order valence-electron chi connectivity index (χ0n) is 8.73. The molecule has 84 valence electrons. The van der Waals surface area contributed by atoms with Crippen LogP contribution in [0.4, 0.5) is 0 Å². The second-order valence-corrected chi connectivity index (χ2v) is 3.50. The predicted molar refractivity (Wildman–Crippen MR) is 60.3 cm³/mol. The molecule has 0 aromatic heterocycles. The molecule has 0 saturated heterocycles. The molecule has 5 heteroatoms. The number of nitrogens with zero attached hydrogens (tertiary/aromatic N) is 1. The maximum absolute atomic E-state index is 11.6. The van der Waals surface area contributed by atoms with E-state index in [0.29, 0.717) is 16.0 Å². The van der Waals surface area contributed by atoms with Crippen molar-refractivity contribution in [3.05, 3.63) is 28.8 Å². The number of aliphatic hydroxyl groups is 1. The molecule has 0 atom stereocenters. The number of thiol groups is 1. The Kier molecular flexibility index (Phi) is 4.35. The van der Waals surface area contributed by atoms with Gasteiger partial charge in [-0.3, -0.25) is 0 Å². The van der Waals surface area contributed by atoms with E-state index < -0.39 is 5.97 Å². The summed E-state index contributed by atoms with van der Waals surface area (Å²) in [5, 5.41) is 17.9. The fraction of sp³-hybridized carbons (Fsp3) is 0.273. The van der Waals surface area contributed by atoms with E-state index in [1.165, 1.54) is 12.1 Å². The molecule has 0 unspecified atom stereocenters. The predicted octanol–water partition coefficient (Wildman–Crippen LogP) is 1.52. The summed E-state index contributed by atoms with van der Waals surface area (Å²) in [6.07, 6.45) is 0. The van der Waals surface area contributed by atoms with Gasteiger partial charge in [-0.25, -0.2) is 4.79 Å². The number of rotatable bonds is 3. The van der Waals surface area contributed by atoms with Crippen molar-refractivity contribution in [1.82, 2.24) is 0 Å². The van der Waals surface area contributed by atoms with Gasteiger partial charge in [-0.05, 0) is 24.6 Å². The van der Waals surface area contributed by atoms with Crippen molar-refractivity contribution in [3.8, 4) is 6.07 Å². The number of carbonyl (C=O) groups is 1. The summed E-state index contributed by atoms with van der Waals surface area (Å²) in [6, 6.07) is 4.85. The minimum atomic E-state index is -0.541. The van der Waals surface area contributed by atoms with Crippen LogP contribution in [0.15, 0.2) is 17.0 Å². The van der Waals surface area contributed by atoms with Crippen LogP contribution in [0, 0.1) is 11.3 Å². The monoisotopic (exact) mass is 237 g/mol. The maximum Gasteiger partial charge on any atom is 0.339 e. The third kappa shape index (κ3) is 2.54. The summed E-state index contributed by atoms with van der Waals surface area (Å²) < 4.78 is 4.84. The molecular formula is C11H11NO3S. The number of benzene rings is 1. The molecule has 0 fully saturated rings. The summed E-state index contributed by atoms with van der Waals surface area (Å²) in [6.45, 7) is 1.60. The SMILES string of the molecule is CCOC(=O)c1c(S)cc(C#N)cc1CO. The fourth-order valence-corrected chi connectivity index (χ4v) is 1.69. The number of hydrogen-bond acceptors (Lipinski definition) is 5. The largest absolute Gasteiger partial charge is 0.462 e. The molecule has 0 aliphatic heterocycles. The van der Waals surface area contributed by atoms with Gasteiger partial charge in [0.1, 0.15) is 0 Å². The van der Waals surface area contributed by atoms with E-state index in [9.17, 15) is 4.79 Å². The average Bonchev–Trinajstić information content (AvgIpc) is 2.27. The van der Waals surface area contributed by atoms with Crippen molar-refractivity contribution in [2.45, 2.75) is 18.4 Å². The molecule has 0 aliphatic rings. The van der Waals surface area contributed by atoms with Gasteiger partial charge in [0.25, 0.3) is 0 Å². The van der Waals surface area contributed by atoms with Crippen LogP contribution < -0.4 is 0 Å². The van der Waals surface area contributed by atoms with E-state index >= 15 is 0 Å². The van der Waals surface area contributed by atoms with Crippen LogP contribution in [0.25, 0.3) is 0 Å². The Morgan fingerprint density at radius 1 is 1.62 bits per heavy atom. The summed E-state index contributed by atoms with van der Waals surface area (Å²) in [5.41, 5.74) is 0.913. The number of esters is 1. The highest BCUT2D eigenvalue weighted by Gasteiger charge is 2.16. The van der Waals surface area contributed by atoms with Crippen LogP contribution in [0.5, 0.6) is 0 Å². The summed E-state index contributed by atoms with van der Waals surface area (Å²) in [4.78, 5) is 11.9. The molecule has 0 spiro atoms. The number of carbonyl (C=O) groups excluding carboxylic acids is 1.